The third kappa shape index (κ3) is 4.58. The highest BCUT2D eigenvalue weighted by molar-refractivity contribution is 9.10. The third-order valence-corrected chi connectivity index (χ3v) is 4.91. The molecule has 0 fully saturated rings. The predicted octanol–water partition coefficient (Wildman–Crippen LogP) is 3.86. The number of nitrogens with two attached hydrogens (primary N) is 1. The van der Waals surface area contributed by atoms with E-state index in [1.165, 1.54) is 0 Å². The quantitative estimate of drug-likeness (QED) is 0.813. The summed E-state index contributed by atoms with van der Waals surface area (Å²) in [6.45, 7) is 4.42. The van der Waals surface area contributed by atoms with Crippen LogP contribution in [0.5, 0.6) is 11.5 Å². The lowest BCUT2D eigenvalue weighted by molar-refractivity contribution is 0.384. The van der Waals surface area contributed by atoms with Gasteiger partial charge < -0.3 is 15.2 Å². The van der Waals surface area contributed by atoms with Crippen LogP contribution in [-0.4, -0.2) is 25.7 Å². The van der Waals surface area contributed by atoms with E-state index in [0.717, 1.165) is 33.0 Å². The van der Waals surface area contributed by atoms with Crippen LogP contribution in [0.25, 0.3) is 0 Å². The van der Waals surface area contributed by atoms with Gasteiger partial charge in [-0.1, -0.05) is 13.8 Å². The first kappa shape index (κ1) is 16.7. The maximum absolute atomic E-state index is 6.26. The molecule has 1 atom stereocenters. The highest BCUT2D eigenvalue weighted by Crippen LogP contribution is 2.39. The molecule has 0 amide bonds. The molecule has 19 heavy (non-hydrogen) atoms. The van der Waals surface area contributed by atoms with Gasteiger partial charge >= 0.3 is 0 Å². The van der Waals surface area contributed by atoms with Crippen LogP contribution in [0.3, 0.4) is 0 Å². The Hall–Kier alpha value is -0.390. The molecule has 0 aliphatic rings. The summed E-state index contributed by atoms with van der Waals surface area (Å²) in [7, 11) is 3.29. The number of benzene rings is 1. The van der Waals surface area contributed by atoms with E-state index in [1.54, 1.807) is 14.2 Å². The van der Waals surface area contributed by atoms with E-state index in [0.29, 0.717) is 5.92 Å². The molecular weight excluding hydrogens is 326 g/mol. The van der Waals surface area contributed by atoms with Gasteiger partial charge in [0.15, 0.2) is 0 Å². The van der Waals surface area contributed by atoms with Crippen molar-refractivity contribution in [2.24, 2.45) is 11.7 Å². The Bertz CT molecular complexity index is 413. The lowest BCUT2D eigenvalue weighted by atomic mass is 10.1. The summed E-state index contributed by atoms with van der Waals surface area (Å²) >= 11 is 5.37. The molecule has 0 saturated heterocycles. The van der Waals surface area contributed by atoms with E-state index in [2.05, 4.69) is 29.8 Å². The minimum absolute atomic E-state index is 0.0408. The summed E-state index contributed by atoms with van der Waals surface area (Å²) in [4.78, 5) is 0. The minimum Gasteiger partial charge on any atom is -0.495 e. The van der Waals surface area contributed by atoms with E-state index in [1.807, 2.05) is 23.9 Å². The molecule has 0 radical (unpaired) electrons. The third-order valence-electron chi connectivity index (χ3n) is 2.66. The Morgan fingerprint density at radius 3 is 2.42 bits per heavy atom. The number of ether oxygens (including phenoxy) is 2. The van der Waals surface area contributed by atoms with Gasteiger partial charge in [-0.05, 0) is 39.7 Å². The first-order chi connectivity index (χ1) is 9.01. The predicted molar refractivity (Wildman–Crippen MR) is 86.3 cm³/mol. The number of hydrogen-bond donors (Lipinski definition) is 1. The van der Waals surface area contributed by atoms with Crippen molar-refractivity contribution in [2.75, 3.05) is 25.7 Å². The molecule has 0 heterocycles. The van der Waals surface area contributed by atoms with Crippen LogP contribution in [-0.2, 0) is 0 Å². The summed E-state index contributed by atoms with van der Waals surface area (Å²) in [5.74, 6) is 4.20. The van der Waals surface area contributed by atoms with Crippen LogP contribution in [0, 0.1) is 5.92 Å². The fourth-order valence-corrected chi connectivity index (χ4v) is 3.46. The van der Waals surface area contributed by atoms with Crippen LogP contribution < -0.4 is 15.2 Å². The van der Waals surface area contributed by atoms with Gasteiger partial charge in [-0.2, -0.15) is 11.8 Å². The normalized spacial score (nSPS) is 12.6. The zero-order valence-electron chi connectivity index (χ0n) is 11.9. The Labute approximate surface area is 128 Å². The molecule has 5 heteroatoms. The van der Waals surface area contributed by atoms with Crippen molar-refractivity contribution >= 4 is 27.7 Å². The van der Waals surface area contributed by atoms with Crippen LogP contribution in [0.15, 0.2) is 16.6 Å². The molecule has 0 spiro atoms. The van der Waals surface area contributed by atoms with Gasteiger partial charge in [0, 0.05) is 17.4 Å². The Morgan fingerprint density at radius 2 is 1.89 bits per heavy atom. The molecule has 3 nitrogen and oxygen atoms in total. The number of methoxy groups -OCH3 is 2. The Kier molecular flexibility index (Phi) is 7.04. The van der Waals surface area contributed by atoms with Crippen LogP contribution in [0.2, 0.25) is 0 Å². The van der Waals surface area contributed by atoms with Gasteiger partial charge in [0.1, 0.15) is 16.0 Å². The summed E-state index contributed by atoms with van der Waals surface area (Å²) in [6, 6.07) is 3.85. The van der Waals surface area contributed by atoms with E-state index >= 15 is 0 Å². The number of rotatable bonds is 7. The van der Waals surface area contributed by atoms with E-state index in [9.17, 15) is 0 Å². The first-order valence-corrected chi connectivity index (χ1v) is 8.19. The molecule has 0 aliphatic heterocycles. The molecular formula is C14H22BrNO2S. The molecule has 1 unspecified atom stereocenters. The highest BCUT2D eigenvalue weighted by Gasteiger charge is 2.17. The van der Waals surface area contributed by atoms with Crippen LogP contribution in [0.4, 0.5) is 0 Å². The molecule has 0 aliphatic carbocycles. The lowest BCUT2D eigenvalue weighted by Gasteiger charge is -2.18. The number of thioether (sulfide) groups is 1. The zero-order valence-corrected chi connectivity index (χ0v) is 14.3. The maximum atomic E-state index is 6.26. The monoisotopic (exact) mass is 347 g/mol. The molecule has 0 saturated carbocycles. The van der Waals surface area contributed by atoms with E-state index < -0.39 is 0 Å². The highest BCUT2D eigenvalue weighted by atomic mass is 79.9. The van der Waals surface area contributed by atoms with Crippen molar-refractivity contribution < 1.29 is 9.47 Å². The standard InChI is InChI=1S/C14H22BrNO2S/c1-9(2)7-19-8-11(16)10-5-6-12(17-3)13(15)14(10)18-4/h5-6,9,11H,7-8,16H2,1-4H3. The van der Waals surface area contributed by atoms with Crippen molar-refractivity contribution in [1.29, 1.82) is 0 Å². The Morgan fingerprint density at radius 1 is 1.21 bits per heavy atom. The molecule has 108 valence electrons. The van der Waals surface area contributed by atoms with Gasteiger partial charge in [-0.25, -0.2) is 0 Å². The second-order valence-corrected chi connectivity index (χ2v) is 6.61. The van der Waals surface area contributed by atoms with Gasteiger partial charge in [-0.15, -0.1) is 0 Å². The summed E-state index contributed by atoms with van der Waals surface area (Å²) in [5.41, 5.74) is 7.26. The fraction of sp³-hybridized carbons (Fsp3) is 0.571. The molecule has 0 aromatic heterocycles. The molecule has 2 N–H and O–H groups in total. The minimum atomic E-state index is -0.0408. The van der Waals surface area contributed by atoms with Crippen molar-refractivity contribution in [2.45, 2.75) is 19.9 Å². The first-order valence-electron chi connectivity index (χ1n) is 6.24. The Balaban J connectivity index is 2.84. The second kappa shape index (κ2) is 8.02. The molecule has 1 rings (SSSR count). The number of hydrogen-bond acceptors (Lipinski definition) is 4. The summed E-state index contributed by atoms with van der Waals surface area (Å²) < 4.78 is 11.5. The van der Waals surface area contributed by atoms with Gasteiger partial charge in [0.25, 0.3) is 0 Å². The zero-order chi connectivity index (χ0) is 14.4. The largest absolute Gasteiger partial charge is 0.495 e. The average Bonchev–Trinajstić information content (AvgIpc) is 2.37. The van der Waals surface area contributed by atoms with E-state index in [4.69, 9.17) is 15.2 Å². The van der Waals surface area contributed by atoms with Gasteiger partial charge in [-0.3, -0.25) is 0 Å². The maximum Gasteiger partial charge on any atom is 0.141 e. The van der Waals surface area contributed by atoms with Crippen LogP contribution >= 0.6 is 27.7 Å². The molecule has 1 aromatic rings. The average molecular weight is 348 g/mol. The summed E-state index contributed by atoms with van der Waals surface area (Å²) in [6.07, 6.45) is 0. The van der Waals surface area contributed by atoms with Gasteiger partial charge in [0.05, 0.1) is 14.2 Å². The lowest BCUT2D eigenvalue weighted by Crippen LogP contribution is -2.15. The molecule has 1 aromatic carbocycles. The van der Waals surface area contributed by atoms with Gasteiger partial charge in [0.2, 0.25) is 0 Å². The van der Waals surface area contributed by atoms with Crippen molar-refractivity contribution in [1.82, 2.24) is 0 Å². The second-order valence-electron chi connectivity index (χ2n) is 4.74. The van der Waals surface area contributed by atoms with E-state index in [-0.39, 0.29) is 6.04 Å². The summed E-state index contributed by atoms with van der Waals surface area (Å²) in [5, 5.41) is 0. The SMILES string of the molecule is COc1ccc(C(N)CSCC(C)C)c(OC)c1Br. The van der Waals surface area contributed by atoms with Crippen molar-refractivity contribution in [3.63, 3.8) is 0 Å². The topological polar surface area (TPSA) is 44.5 Å². The van der Waals surface area contributed by atoms with Crippen molar-refractivity contribution in [3.8, 4) is 11.5 Å². The smallest absolute Gasteiger partial charge is 0.141 e. The van der Waals surface area contributed by atoms with Crippen molar-refractivity contribution in [3.05, 3.63) is 22.2 Å². The fourth-order valence-electron chi connectivity index (χ4n) is 1.73. The number of halogens is 1. The molecule has 0 bridgehead atoms. The van der Waals surface area contributed by atoms with Crippen LogP contribution in [0.1, 0.15) is 25.5 Å².